The highest BCUT2D eigenvalue weighted by Crippen LogP contribution is 2.59. The Kier molecular flexibility index (Phi) is 6.97. The summed E-state index contributed by atoms with van der Waals surface area (Å²) in [7, 11) is 0. The third kappa shape index (κ3) is 4.74. The van der Waals surface area contributed by atoms with Crippen molar-refractivity contribution in [3.63, 3.8) is 0 Å². The molecule has 4 rings (SSSR count). The molecule has 0 spiro atoms. The van der Waals surface area contributed by atoms with Crippen LogP contribution in [0, 0.1) is 23.2 Å². The predicted molar refractivity (Wildman–Crippen MR) is 131 cm³/mol. The molecule has 0 radical (unpaired) electrons. The van der Waals surface area contributed by atoms with Gasteiger partial charge in [-0.15, -0.1) is 0 Å². The zero-order valence-electron chi connectivity index (χ0n) is 20.0. The van der Waals surface area contributed by atoms with Gasteiger partial charge in [-0.2, -0.15) is 0 Å². The number of carboxylic acids is 1. The molecule has 3 fully saturated rings. The second kappa shape index (κ2) is 9.60. The van der Waals surface area contributed by atoms with E-state index in [-0.39, 0.29) is 5.41 Å². The molecule has 0 unspecified atom stereocenters. The van der Waals surface area contributed by atoms with E-state index < -0.39 is 18.2 Å². The Balaban J connectivity index is 1.53. The lowest BCUT2D eigenvalue weighted by molar-refractivity contribution is 0.0693. The van der Waals surface area contributed by atoms with Crippen LogP contribution in [-0.2, 0) is 6.42 Å². The van der Waals surface area contributed by atoms with Crippen LogP contribution in [0.15, 0.2) is 59.7 Å². The number of rotatable bonds is 5. The van der Waals surface area contributed by atoms with Gasteiger partial charge in [0.25, 0.3) is 0 Å². The molecule has 4 heteroatoms. The highest BCUT2D eigenvalue weighted by atomic mass is 16.4. The van der Waals surface area contributed by atoms with E-state index >= 15 is 0 Å². The highest BCUT2D eigenvalue weighted by molar-refractivity contribution is 5.89. The van der Waals surface area contributed by atoms with Gasteiger partial charge in [0, 0.05) is 6.42 Å². The lowest BCUT2D eigenvalue weighted by atomic mass is 9.60. The van der Waals surface area contributed by atoms with E-state index in [1.807, 2.05) is 12.1 Å². The van der Waals surface area contributed by atoms with Gasteiger partial charge >= 0.3 is 5.97 Å². The third-order valence-corrected chi connectivity index (χ3v) is 8.78. The summed E-state index contributed by atoms with van der Waals surface area (Å²) in [6.45, 7) is 8.79. The standard InChI is InChI=1S/C29H38O4/c1-18(15-22-7-4-5-9-24(22)28(32)33)25-12-13-26-20(8-6-14-29(25,26)3)10-11-21-16-23(30)17-27(31)19(21)2/h4-5,7,9-11,18,23,25-27,30-31H,2,6,8,12-17H2,1,3H3,(H,32,33)/b20-10+,21-11-/t18-,23-,25-,26+,27+,29-/m1/s1. The molecule has 3 saturated carbocycles. The summed E-state index contributed by atoms with van der Waals surface area (Å²) in [5.41, 5.74) is 4.79. The lowest BCUT2D eigenvalue weighted by Gasteiger charge is -2.44. The zero-order chi connectivity index (χ0) is 23.8. The predicted octanol–water partition coefficient (Wildman–Crippen LogP) is 5.70. The minimum absolute atomic E-state index is 0.225. The van der Waals surface area contributed by atoms with Gasteiger partial charge in [-0.1, -0.05) is 56.4 Å². The maximum atomic E-state index is 11.7. The average Bonchev–Trinajstić information content (AvgIpc) is 3.13. The van der Waals surface area contributed by atoms with Crippen molar-refractivity contribution in [1.29, 1.82) is 0 Å². The summed E-state index contributed by atoms with van der Waals surface area (Å²) < 4.78 is 0. The van der Waals surface area contributed by atoms with Crippen LogP contribution in [0.1, 0.15) is 74.7 Å². The van der Waals surface area contributed by atoms with Gasteiger partial charge in [0.2, 0.25) is 0 Å². The minimum atomic E-state index is -0.844. The molecule has 3 aliphatic carbocycles. The number of allylic oxidation sites excluding steroid dienone is 3. The number of carboxylic acid groups (broad SMARTS) is 1. The topological polar surface area (TPSA) is 77.8 Å². The van der Waals surface area contributed by atoms with Crippen LogP contribution in [0.3, 0.4) is 0 Å². The maximum absolute atomic E-state index is 11.7. The van der Waals surface area contributed by atoms with Crippen molar-refractivity contribution in [3.8, 4) is 0 Å². The first-order valence-electron chi connectivity index (χ1n) is 12.5. The average molecular weight is 451 g/mol. The van der Waals surface area contributed by atoms with Gasteiger partial charge in [0.1, 0.15) is 0 Å². The molecule has 0 saturated heterocycles. The van der Waals surface area contributed by atoms with Gasteiger partial charge < -0.3 is 15.3 Å². The largest absolute Gasteiger partial charge is 0.478 e. The number of carbonyl (C=O) groups is 1. The molecule has 6 atom stereocenters. The van der Waals surface area contributed by atoms with E-state index in [1.54, 1.807) is 12.1 Å². The molecule has 0 aliphatic heterocycles. The first kappa shape index (κ1) is 24.0. The summed E-state index contributed by atoms with van der Waals surface area (Å²) in [4.78, 5) is 11.7. The van der Waals surface area contributed by atoms with Crippen molar-refractivity contribution in [1.82, 2.24) is 0 Å². The smallest absolute Gasteiger partial charge is 0.335 e. The highest BCUT2D eigenvalue weighted by Gasteiger charge is 2.50. The van der Waals surface area contributed by atoms with E-state index in [1.165, 1.54) is 31.3 Å². The van der Waals surface area contributed by atoms with Gasteiger partial charge in [0.05, 0.1) is 17.8 Å². The van der Waals surface area contributed by atoms with Crippen molar-refractivity contribution >= 4 is 5.97 Å². The summed E-state index contributed by atoms with van der Waals surface area (Å²) >= 11 is 0. The second-order valence-corrected chi connectivity index (χ2v) is 10.8. The van der Waals surface area contributed by atoms with Crippen molar-refractivity contribution in [3.05, 3.63) is 70.8 Å². The molecule has 3 N–H and O–H groups in total. The Hall–Kier alpha value is -2.17. The summed E-state index contributed by atoms with van der Waals surface area (Å²) in [5, 5.41) is 29.8. The Morgan fingerprint density at radius 2 is 2.00 bits per heavy atom. The summed E-state index contributed by atoms with van der Waals surface area (Å²) in [6, 6.07) is 7.42. The van der Waals surface area contributed by atoms with Crippen molar-refractivity contribution < 1.29 is 20.1 Å². The Morgan fingerprint density at radius 3 is 2.76 bits per heavy atom. The minimum Gasteiger partial charge on any atom is -0.478 e. The van der Waals surface area contributed by atoms with Crippen LogP contribution < -0.4 is 0 Å². The summed E-state index contributed by atoms with van der Waals surface area (Å²) in [6.07, 6.45) is 10.8. The number of aliphatic hydroxyl groups is 2. The zero-order valence-corrected chi connectivity index (χ0v) is 20.0. The number of benzene rings is 1. The molecular weight excluding hydrogens is 412 g/mol. The van der Waals surface area contributed by atoms with Gasteiger partial charge in [0.15, 0.2) is 0 Å². The monoisotopic (exact) mass is 450 g/mol. The molecule has 0 aromatic heterocycles. The molecule has 0 bridgehead atoms. The molecule has 1 aromatic rings. The van der Waals surface area contributed by atoms with E-state index in [0.717, 1.165) is 29.6 Å². The fourth-order valence-corrected chi connectivity index (χ4v) is 7.08. The van der Waals surface area contributed by atoms with Crippen molar-refractivity contribution in [2.24, 2.45) is 23.2 Å². The maximum Gasteiger partial charge on any atom is 0.335 e. The first-order valence-corrected chi connectivity index (χ1v) is 12.5. The Labute approximate surface area is 197 Å². The van der Waals surface area contributed by atoms with Crippen LogP contribution in [0.25, 0.3) is 0 Å². The van der Waals surface area contributed by atoms with Crippen molar-refractivity contribution in [2.75, 3.05) is 0 Å². The number of fused-ring (bicyclic) bond motifs is 1. The number of hydrogen-bond donors (Lipinski definition) is 3. The molecule has 0 heterocycles. The SMILES string of the molecule is C=C1/C(=C\C=C2/CCC[C@]3(C)[C@@H]([C@H](C)Cc4ccccc4C(=O)O)CC[C@@H]23)C[C@@H](O)C[C@@H]1O. The Morgan fingerprint density at radius 1 is 1.24 bits per heavy atom. The van der Waals surface area contributed by atoms with E-state index in [0.29, 0.717) is 36.2 Å². The van der Waals surface area contributed by atoms with E-state index in [2.05, 4.69) is 32.6 Å². The molecular formula is C29H38O4. The number of aromatic carboxylic acids is 1. The molecule has 33 heavy (non-hydrogen) atoms. The number of hydrogen-bond acceptors (Lipinski definition) is 3. The molecule has 0 amide bonds. The van der Waals surface area contributed by atoms with E-state index in [4.69, 9.17) is 0 Å². The fraction of sp³-hybridized carbons (Fsp3) is 0.552. The lowest BCUT2D eigenvalue weighted by Crippen LogP contribution is -2.36. The normalized spacial score (nSPS) is 35.6. The first-order chi connectivity index (χ1) is 15.7. The molecule has 4 nitrogen and oxygen atoms in total. The van der Waals surface area contributed by atoms with Crippen LogP contribution in [-0.4, -0.2) is 33.5 Å². The molecule has 1 aromatic carbocycles. The van der Waals surface area contributed by atoms with Crippen LogP contribution in [0.4, 0.5) is 0 Å². The van der Waals surface area contributed by atoms with Gasteiger partial charge in [-0.3, -0.25) is 0 Å². The fourth-order valence-electron chi connectivity index (χ4n) is 7.08. The second-order valence-electron chi connectivity index (χ2n) is 10.8. The van der Waals surface area contributed by atoms with Gasteiger partial charge in [-0.05, 0) is 90.9 Å². The summed E-state index contributed by atoms with van der Waals surface area (Å²) in [5.74, 6) is 0.677. The van der Waals surface area contributed by atoms with Crippen LogP contribution >= 0.6 is 0 Å². The quantitative estimate of drug-likeness (QED) is 0.537. The molecule has 3 aliphatic rings. The van der Waals surface area contributed by atoms with Crippen LogP contribution in [0.5, 0.6) is 0 Å². The molecule has 178 valence electrons. The Bertz CT molecular complexity index is 974. The van der Waals surface area contributed by atoms with Crippen LogP contribution in [0.2, 0.25) is 0 Å². The van der Waals surface area contributed by atoms with Gasteiger partial charge in [-0.25, -0.2) is 4.79 Å². The third-order valence-electron chi connectivity index (χ3n) is 8.78. The van der Waals surface area contributed by atoms with Crippen molar-refractivity contribution in [2.45, 2.75) is 77.4 Å². The number of aliphatic hydroxyl groups excluding tert-OH is 2. The van der Waals surface area contributed by atoms with E-state index in [9.17, 15) is 20.1 Å².